The lowest BCUT2D eigenvalue weighted by molar-refractivity contribution is -0.148. The minimum atomic E-state index is -0.644. The number of hydrogen-bond acceptors (Lipinski definition) is 6. The van der Waals surface area contributed by atoms with E-state index in [0.717, 1.165) is 55.1 Å². The number of ether oxygens (including phenoxy) is 3. The maximum Gasteiger partial charge on any atom is 0.330 e. The Morgan fingerprint density at radius 2 is 1.43 bits per heavy atom. The Balaban J connectivity index is 1.42. The third-order valence-electron chi connectivity index (χ3n) is 5.77. The number of hydrogen-bond donors (Lipinski definition) is 0. The van der Waals surface area contributed by atoms with Gasteiger partial charge in [0.05, 0.1) is 24.7 Å². The van der Waals surface area contributed by atoms with Gasteiger partial charge < -0.3 is 14.2 Å². The maximum absolute atomic E-state index is 11.6. The predicted molar refractivity (Wildman–Crippen MR) is 145 cm³/mol. The minimum absolute atomic E-state index is 0.0139. The van der Waals surface area contributed by atoms with Crippen LogP contribution in [-0.2, 0) is 19.1 Å². The average Bonchev–Trinajstić information content (AvgIpc) is 2.92. The molecule has 0 fully saturated rings. The molecular formula is C30H36ClNO5. The third kappa shape index (κ3) is 13.0. The van der Waals surface area contributed by atoms with Crippen molar-refractivity contribution in [1.82, 2.24) is 0 Å². The van der Waals surface area contributed by atoms with E-state index in [9.17, 15) is 9.59 Å². The van der Waals surface area contributed by atoms with Crippen molar-refractivity contribution in [2.75, 3.05) is 13.2 Å². The van der Waals surface area contributed by atoms with E-state index in [1.54, 1.807) is 0 Å². The summed E-state index contributed by atoms with van der Waals surface area (Å²) in [5.74, 6) is -0.162. The maximum atomic E-state index is 11.6. The SMILES string of the molecule is C=CC(=O)OCCC(=O)OC(Cl)CCCCCCCCCCOc1ccc(-c2ccc(C#N)cc2)cc1. The molecule has 37 heavy (non-hydrogen) atoms. The molecule has 0 aliphatic rings. The number of nitriles is 1. The van der Waals surface area contributed by atoms with E-state index in [1.807, 2.05) is 48.5 Å². The first-order chi connectivity index (χ1) is 18.0. The molecule has 0 saturated carbocycles. The number of alkyl halides is 1. The Kier molecular flexibility index (Phi) is 14.6. The first kappa shape index (κ1) is 29.9. The van der Waals surface area contributed by atoms with Crippen molar-refractivity contribution in [3.8, 4) is 22.9 Å². The molecule has 0 spiro atoms. The van der Waals surface area contributed by atoms with Crippen LogP contribution in [0.1, 0.15) is 69.8 Å². The van der Waals surface area contributed by atoms with Crippen LogP contribution in [0.3, 0.4) is 0 Å². The summed E-state index contributed by atoms with van der Waals surface area (Å²) in [5, 5.41) is 8.91. The largest absolute Gasteiger partial charge is 0.494 e. The van der Waals surface area contributed by atoms with Crippen LogP contribution in [0.15, 0.2) is 61.2 Å². The third-order valence-corrected chi connectivity index (χ3v) is 6.08. The van der Waals surface area contributed by atoms with Gasteiger partial charge >= 0.3 is 11.9 Å². The van der Waals surface area contributed by atoms with Gasteiger partial charge in [-0.05, 0) is 54.7 Å². The van der Waals surface area contributed by atoms with Crippen LogP contribution in [0.4, 0.5) is 0 Å². The predicted octanol–water partition coefficient (Wildman–Crippen LogP) is 7.34. The summed E-state index contributed by atoms with van der Waals surface area (Å²) in [7, 11) is 0. The molecule has 0 aromatic heterocycles. The number of nitrogens with zero attached hydrogens (tertiary/aromatic N) is 1. The number of esters is 2. The molecule has 0 aliphatic heterocycles. The first-order valence-corrected chi connectivity index (χ1v) is 13.3. The summed E-state index contributed by atoms with van der Waals surface area (Å²) in [6, 6.07) is 17.7. The van der Waals surface area contributed by atoms with Crippen molar-refractivity contribution in [2.45, 2.75) is 69.8 Å². The lowest BCUT2D eigenvalue weighted by Crippen LogP contribution is -2.15. The van der Waals surface area contributed by atoms with Crippen LogP contribution in [0.2, 0.25) is 0 Å². The van der Waals surface area contributed by atoms with Crippen molar-refractivity contribution < 1.29 is 23.8 Å². The van der Waals surface area contributed by atoms with Crippen molar-refractivity contribution >= 4 is 23.5 Å². The zero-order valence-electron chi connectivity index (χ0n) is 21.3. The summed E-state index contributed by atoms with van der Waals surface area (Å²) >= 11 is 6.06. The van der Waals surface area contributed by atoms with Crippen LogP contribution in [0.5, 0.6) is 5.75 Å². The molecule has 2 rings (SSSR count). The molecule has 0 bridgehead atoms. The highest BCUT2D eigenvalue weighted by Crippen LogP contribution is 2.23. The van der Waals surface area contributed by atoms with Gasteiger partial charge in [0.15, 0.2) is 5.56 Å². The Labute approximate surface area is 225 Å². The van der Waals surface area contributed by atoms with Crippen LogP contribution in [-0.4, -0.2) is 30.7 Å². The summed E-state index contributed by atoms with van der Waals surface area (Å²) in [4.78, 5) is 22.5. The summed E-state index contributed by atoms with van der Waals surface area (Å²) in [6.07, 6.45) is 10.5. The number of benzene rings is 2. The molecular weight excluding hydrogens is 490 g/mol. The van der Waals surface area contributed by atoms with E-state index >= 15 is 0 Å². The Morgan fingerprint density at radius 3 is 2.03 bits per heavy atom. The highest BCUT2D eigenvalue weighted by molar-refractivity contribution is 6.20. The fourth-order valence-corrected chi connectivity index (χ4v) is 3.95. The molecule has 0 heterocycles. The van der Waals surface area contributed by atoms with Crippen molar-refractivity contribution in [3.63, 3.8) is 0 Å². The minimum Gasteiger partial charge on any atom is -0.494 e. The van der Waals surface area contributed by atoms with Crippen molar-refractivity contribution in [3.05, 3.63) is 66.7 Å². The Hall–Kier alpha value is -3.30. The van der Waals surface area contributed by atoms with Gasteiger partial charge in [0, 0.05) is 6.08 Å². The Bertz CT molecular complexity index is 998. The lowest BCUT2D eigenvalue weighted by atomic mass is 10.0. The standard InChI is InChI=1S/C30H36ClNO5/c1-2-29(33)36-22-20-30(34)37-28(31)11-9-7-5-3-4-6-8-10-21-35-27-18-16-26(17-19-27)25-14-12-24(23-32)13-15-25/h2,12-19,28H,1,3-11,20-22H2. The zero-order chi connectivity index (χ0) is 26.7. The van der Waals surface area contributed by atoms with E-state index in [2.05, 4.69) is 12.6 Å². The molecule has 0 amide bonds. The van der Waals surface area contributed by atoms with Crippen molar-refractivity contribution in [1.29, 1.82) is 5.26 Å². The van der Waals surface area contributed by atoms with Crippen LogP contribution < -0.4 is 4.74 Å². The van der Waals surface area contributed by atoms with Gasteiger partial charge in [0.25, 0.3) is 0 Å². The molecule has 1 atom stereocenters. The zero-order valence-corrected chi connectivity index (χ0v) is 22.1. The van der Waals surface area contributed by atoms with Gasteiger partial charge in [0.2, 0.25) is 0 Å². The molecule has 0 radical (unpaired) electrons. The smallest absolute Gasteiger partial charge is 0.330 e. The molecule has 6 nitrogen and oxygen atoms in total. The number of halogens is 1. The van der Waals surface area contributed by atoms with Crippen molar-refractivity contribution in [2.24, 2.45) is 0 Å². The molecule has 7 heteroatoms. The second kappa shape index (κ2) is 18.0. The van der Waals surface area contributed by atoms with E-state index in [1.165, 1.54) is 19.3 Å². The van der Waals surface area contributed by atoms with Gasteiger partial charge in [-0.2, -0.15) is 5.26 Å². The van der Waals surface area contributed by atoms with E-state index in [0.29, 0.717) is 18.6 Å². The van der Waals surface area contributed by atoms with Gasteiger partial charge in [-0.1, -0.05) is 81.0 Å². The quantitative estimate of drug-likeness (QED) is 0.0875. The second-order valence-electron chi connectivity index (χ2n) is 8.70. The molecule has 0 aliphatic carbocycles. The van der Waals surface area contributed by atoms with E-state index in [4.69, 9.17) is 31.1 Å². The van der Waals surface area contributed by atoms with Gasteiger partial charge in [-0.15, -0.1) is 0 Å². The molecule has 0 N–H and O–H groups in total. The van der Waals surface area contributed by atoms with E-state index < -0.39 is 17.5 Å². The molecule has 2 aromatic carbocycles. The van der Waals surface area contributed by atoms with E-state index in [-0.39, 0.29) is 13.0 Å². The van der Waals surface area contributed by atoms with Gasteiger partial charge in [0.1, 0.15) is 12.4 Å². The molecule has 2 aromatic rings. The topological polar surface area (TPSA) is 85.6 Å². The fraction of sp³-hybridized carbons (Fsp3) is 0.433. The monoisotopic (exact) mass is 525 g/mol. The molecule has 0 saturated heterocycles. The van der Waals surface area contributed by atoms with Gasteiger partial charge in [-0.3, -0.25) is 4.79 Å². The summed E-state index contributed by atoms with van der Waals surface area (Å²) in [5.41, 5.74) is 2.20. The van der Waals surface area contributed by atoms with Crippen LogP contribution in [0.25, 0.3) is 11.1 Å². The number of rotatable bonds is 18. The van der Waals surface area contributed by atoms with Crippen LogP contribution in [0, 0.1) is 11.3 Å². The first-order valence-electron chi connectivity index (χ1n) is 12.9. The second-order valence-corrected chi connectivity index (χ2v) is 9.19. The molecule has 1 unspecified atom stereocenters. The van der Waals surface area contributed by atoms with Gasteiger partial charge in [-0.25, -0.2) is 4.79 Å². The summed E-state index contributed by atoms with van der Waals surface area (Å²) in [6.45, 7) is 3.96. The highest BCUT2D eigenvalue weighted by Gasteiger charge is 2.11. The number of unbranched alkanes of at least 4 members (excludes halogenated alkanes) is 7. The Morgan fingerprint density at radius 1 is 0.865 bits per heavy atom. The molecule has 198 valence electrons. The normalized spacial score (nSPS) is 11.2. The fourth-order valence-electron chi connectivity index (χ4n) is 3.69. The highest BCUT2D eigenvalue weighted by atomic mass is 35.5. The van der Waals surface area contributed by atoms with Crippen LogP contribution >= 0.6 is 11.6 Å². The number of carbonyl (C=O) groups excluding carboxylic acids is 2. The average molecular weight is 526 g/mol. The summed E-state index contributed by atoms with van der Waals surface area (Å²) < 4.78 is 15.7. The lowest BCUT2D eigenvalue weighted by Gasteiger charge is -2.11. The number of carbonyl (C=O) groups is 2.